The Balaban J connectivity index is 1.97. The van der Waals surface area contributed by atoms with Crippen molar-refractivity contribution >= 4 is 29.5 Å². The average molecular weight is 241 g/mol. The number of nitrogens with one attached hydrogen (secondary N) is 2. The van der Waals surface area contributed by atoms with Gasteiger partial charge in [-0.05, 0) is 12.2 Å². The number of carboxylic acids is 1. The summed E-state index contributed by atoms with van der Waals surface area (Å²) in [6, 6.07) is 1.31. The molecule has 0 aliphatic carbocycles. The lowest BCUT2D eigenvalue weighted by Crippen LogP contribution is -2.22. The third-order valence-corrected chi connectivity index (χ3v) is 3.52. The number of thioether (sulfide) groups is 1. The molecule has 1 aromatic heterocycles. The summed E-state index contributed by atoms with van der Waals surface area (Å²) < 4.78 is 0. The van der Waals surface area contributed by atoms with Gasteiger partial charge in [-0.2, -0.15) is 16.9 Å². The van der Waals surface area contributed by atoms with E-state index in [1.165, 1.54) is 6.07 Å². The van der Waals surface area contributed by atoms with Crippen LogP contribution in [-0.4, -0.2) is 38.7 Å². The first-order valence-corrected chi connectivity index (χ1v) is 5.99. The van der Waals surface area contributed by atoms with E-state index in [2.05, 4.69) is 15.5 Å². The number of rotatable bonds is 3. The molecule has 1 aromatic rings. The van der Waals surface area contributed by atoms with Gasteiger partial charge in [-0.3, -0.25) is 9.89 Å². The third kappa shape index (κ3) is 2.35. The maximum atomic E-state index is 11.7. The SMILES string of the molecule is O=C(O)c1cc(NC(=O)C2CCSC2)n[nH]1. The molecule has 0 saturated carbocycles. The van der Waals surface area contributed by atoms with Crippen LogP contribution in [0.4, 0.5) is 5.82 Å². The maximum absolute atomic E-state index is 11.7. The Morgan fingerprint density at radius 1 is 1.62 bits per heavy atom. The molecule has 1 aliphatic rings. The smallest absolute Gasteiger partial charge is 0.353 e. The van der Waals surface area contributed by atoms with Crippen molar-refractivity contribution in [2.45, 2.75) is 6.42 Å². The van der Waals surface area contributed by atoms with E-state index in [4.69, 9.17) is 5.11 Å². The first kappa shape index (κ1) is 11.0. The van der Waals surface area contributed by atoms with Crippen LogP contribution in [-0.2, 0) is 4.79 Å². The van der Waals surface area contributed by atoms with Gasteiger partial charge in [-0.15, -0.1) is 0 Å². The van der Waals surface area contributed by atoms with Crippen molar-refractivity contribution in [2.24, 2.45) is 5.92 Å². The van der Waals surface area contributed by atoms with Crippen molar-refractivity contribution in [1.82, 2.24) is 10.2 Å². The number of nitrogens with zero attached hydrogens (tertiary/aromatic N) is 1. The Morgan fingerprint density at radius 3 is 3.00 bits per heavy atom. The molecule has 0 bridgehead atoms. The summed E-state index contributed by atoms with van der Waals surface area (Å²) in [4.78, 5) is 22.2. The number of hydrogen-bond donors (Lipinski definition) is 3. The van der Waals surface area contributed by atoms with Crippen molar-refractivity contribution < 1.29 is 14.7 Å². The van der Waals surface area contributed by atoms with E-state index >= 15 is 0 Å². The second-order valence-corrected chi connectivity index (χ2v) is 4.67. The van der Waals surface area contributed by atoms with Crippen LogP contribution in [0.5, 0.6) is 0 Å². The zero-order valence-electron chi connectivity index (χ0n) is 8.40. The minimum Gasteiger partial charge on any atom is -0.477 e. The molecule has 6 nitrogen and oxygen atoms in total. The second kappa shape index (κ2) is 4.56. The van der Waals surface area contributed by atoms with E-state index < -0.39 is 5.97 Å². The van der Waals surface area contributed by atoms with Gasteiger partial charge in [0.1, 0.15) is 5.69 Å². The first-order chi connectivity index (χ1) is 7.66. The summed E-state index contributed by atoms with van der Waals surface area (Å²) in [5, 5.41) is 17.3. The quantitative estimate of drug-likeness (QED) is 0.727. The minimum atomic E-state index is -1.09. The van der Waals surface area contributed by atoms with E-state index in [1.54, 1.807) is 11.8 Å². The summed E-state index contributed by atoms with van der Waals surface area (Å²) >= 11 is 1.75. The molecule has 0 aromatic carbocycles. The van der Waals surface area contributed by atoms with Gasteiger partial charge < -0.3 is 10.4 Å². The van der Waals surface area contributed by atoms with Crippen LogP contribution >= 0.6 is 11.8 Å². The highest BCUT2D eigenvalue weighted by atomic mass is 32.2. The summed E-state index contributed by atoms with van der Waals surface area (Å²) in [6.07, 6.45) is 0.868. The highest BCUT2D eigenvalue weighted by Gasteiger charge is 2.23. The molecule has 2 heterocycles. The summed E-state index contributed by atoms with van der Waals surface area (Å²) in [6.45, 7) is 0. The summed E-state index contributed by atoms with van der Waals surface area (Å²) in [7, 11) is 0. The van der Waals surface area contributed by atoms with E-state index in [1.807, 2.05) is 0 Å². The fourth-order valence-electron chi connectivity index (χ4n) is 1.46. The van der Waals surface area contributed by atoms with E-state index in [9.17, 15) is 9.59 Å². The van der Waals surface area contributed by atoms with Crippen molar-refractivity contribution in [3.63, 3.8) is 0 Å². The zero-order valence-corrected chi connectivity index (χ0v) is 9.21. The monoisotopic (exact) mass is 241 g/mol. The minimum absolute atomic E-state index is 0.00924. The van der Waals surface area contributed by atoms with Crippen molar-refractivity contribution in [3.8, 4) is 0 Å². The van der Waals surface area contributed by atoms with Crippen LogP contribution in [0.2, 0.25) is 0 Å². The van der Waals surface area contributed by atoms with Gasteiger partial charge >= 0.3 is 5.97 Å². The van der Waals surface area contributed by atoms with Crippen LogP contribution in [0.15, 0.2) is 6.07 Å². The number of carboxylic acid groups (broad SMARTS) is 1. The molecule has 16 heavy (non-hydrogen) atoms. The van der Waals surface area contributed by atoms with Gasteiger partial charge in [0.15, 0.2) is 5.82 Å². The van der Waals surface area contributed by atoms with Crippen molar-refractivity contribution in [3.05, 3.63) is 11.8 Å². The van der Waals surface area contributed by atoms with E-state index in [0.717, 1.165) is 17.9 Å². The molecule has 0 spiro atoms. The number of aromatic carboxylic acids is 1. The zero-order chi connectivity index (χ0) is 11.5. The Labute approximate surface area is 95.8 Å². The number of H-pyrrole nitrogens is 1. The largest absolute Gasteiger partial charge is 0.477 e. The number of aromatic amines is 1. The topological polar surface area (TPSA) is 95.1 Å². The molecule has 2 rings (SSSR count). The Kier molecular flexibility index (Phi) is 3.14. The number of amides is 1. The van der Waals surface area contributed by atoms with Crippen molar-refractivity contribution in [1.29, 1.82) is 0 Å². The van der Waals surface area contributed by atoms with Gasteiger partial charge in [0, 0.05) is 17.7 Å². The van der Waals surface area contributed by atoms with Gasteiger partial charge in [-0.25, -0.2) is 4.79 Å². The number of aromatic nitrogens is 2. The van der Waals surface area contributed by atoms with Gasteiger partial charge in [0.2, 0.25) is 5.91 Å². The standard InChI is InChI=1S/C9H11N3O3S/c13-8(5-1-2-16-4-5)10-7-3-6(9(14)15)11-12-7/h3,5H,1-2,4H2,(H,14,15)(H2,10,11,12,13). The average Bonchev–Trinajstić information content (AvgIpc) is 2.87. The molecule has 1 atom stereocenters. The number of hydrogen-bond acceptors (Lipinski definition) is 4. The molecule has 0 radical (unpaired) electrons. The lowest BCUT2D eigenvalue weighted by molar-refractivity contribution is -0.119. The Morgan fingerprint density at radius 2 is 2.44 bits per heavy atom. The predicted octanol–water partition coefficient (Wildman–Crippen LogP) is 0.799. The first-order valence-electron chi connectivity index (χ1n) is 4.84. The molecular weight excluding hydrogens is 230 g/mol. The van der Waals surface area contributed by atoms with Gasteiger partial charge in [0.05, 0.1) is 0 Å². The lowest BCUT2D eigenvalue weighted by Gasteiger charge is -2.06. The van der Waals surface area contributed by atoms with Crippen LogP contribution in [0, 0.1) is 5.92 Å². The molecule has 3 N–H and O–H groups in total. The number of carbonyl (C=O) groups is 2. The van der Waals surface area contributed by atoms with Crippen LogP contribution in [0.1, 0.15) is 16.9 Å². The second-order valence-electron chi connectivity index (χ2n) is 3.52. The van der Waals surface area contributed by atoms with Crippen LogP contribution < -0.4 is 5.32 Å². The van der Waals surface area contributed by atoms with Crippen molar-refractivity contribution in [2.75, 3.05) is 16.8 Å². The fourth-order valence-corrected chi connectivity index (χ4v) is 2.69. The van der Waals surface area contributed by atoms with Gasteiger partial charge in [-0.1, -0.05) is 0 Å². The Hall–Kier alpha value is -1.50. The fraction of sp³-hybridized carbons (Fsp3) is 0.444. The highest BCUT2D eigenvalue weighted by Crippen LogP contribution is 2.24. The summed E-state index contributed by atoms with van der Waals surface area (Å²) in [5.74, 6) is 0.910. The molecule has 1 aliphatic heterocycles. The maximum Gasteiger partial charge on any atom is 0.353 e. The van der Waals surface area contributed by atoms with Gasteiger partial charge in [0.25, 0.3) is 0 Å². The van der Waals surface area contributed by atoms with E-state index in [-0.39, 0.29) is 23.3 Å². The molecular formula is C9H11N3O3S. The predicted molar refractivity (Wildman–Crippen MR) is 59.6 cm³/mol. The molecule has 1 unspecified atom stereocenters. The molecule has 1 fully saturated rings. The number of anilines is 1. The number of carbonyl (C=O) groups excluding carboxylic acids is 1. The van der Waals surface area contributed by atoms with Crippen LogP contribution in [0.25, 0.3) is 0 Å². The van der Waals surface area contributed by atoms with E-state index in [0.29, 0.717) is 0 Å². The van der Waals surface area contributed by atoms with Crippen LogP contribution in [0.3, 0.4) is 0 Å². The molecule has 1 amide bonds. The Bertz CT molecular complexity index is 412. The lowest BCUT2D eigenvalue weighted by atomic mass is 10.1. The third-order valence-electron chi connectivity index (χ3n) is 2.36. The molecule has 86 valence electrons. The summed E-state index contributed by atoms with van der Waals surface area (Å²) in [5.41, 5.74) is -0.0314. The molecule has 1 saturated heterocycles. The molecule has 7 heteroatoms. The normalized spacial score (nSPS) is 19.6. The highest BCUT2D eigenvalue weighted by molar-refractivity contribution is 7.99.